The van der Waals surface area contributed by atoms with Gasteiger partial charge in [-0.05, 0) is 12.0 Å². The summed E-state index contributed by atoms with van der Waals surface area (Å²) in [6.07, 6.45) is 1.37. The maximum atomic E-state index is 11.1. The first kappa shape index (κ1) is 11.9. The molecule has 15 heavy (non-hydrogen) atoms. The Morgan fingerprint density at radius 3 is 2.20 bits per heavy atom. The normalized spacial score (nSPS) is 15.7. The van der Waals surface area contributed by atoms with Gasteiger partial charge in [0.2, 0.25) is 0 Å². The summed E-state index contributed by atoms with van der Waals surface area (Å²) in [7, 11) is -3.34. The average Bonchev–Trinajstić information content (AvgIpc) is 2.43. The lowest BCUT2D eigenvalue weighted by Crippen LogP contribution is -1.91. The van der Waals surface area contributed by atoms with Gasteiger partial charge in [-0.3, -0.25) is 0 Å². The minimum absolute atomic E-state index is 0.306. The fraction of sp³-hybridized carbons (Fsp3) is 0.364. The van der Waals surface area contributed by atoms with Crippen molar-refractivity contribution < 1.29 is 8.42 Å². The van der Waals surface area contributed by atoms with Crippen molar-refractivity contribution in [3.05, 3.63) is 29.8 Å². The summed E-state index contributed by atoms with van der Waals surface area (Å²) in [4.78, 5) is 0.306. The molecule has 0 atom stereocenters. The van der Waals surface area contributed by atoms with Gasteiger partial charge in [0.05, 0.1) is 4.90 Å². The molecule has 0 radical (unpaired) electrons. The Hall–Kier alpha value is -1.16. The second-order valence-corrected chi connectivity index (χ2v) is 5.58. The molecule has 1 aromatic carbocycles. The van der Waals surface area contributed by atoms with Gasteiger partial charge in [-0.25, -0.2) is 0 Å². The molecule has 0 amide bonds. The fourth-order valence-corrected chi connectivity index (χ4v) is 2.04. The Balaban J connectivity index is 0.000000245. The molecular formula is C11H15NO2S. The number of benzene rings is 1. The molecule has 0 saturated carbocycles. The molecule has 1 aromatic rings. The largest absolute Gasteiger partial charge is 0.282 e. The van der Waals surface area contributed by atoms with Gasteiger partial charge in [-0.15, -0.1) is 0 Å². The van der Waals surface area contributed by atoms with Crippen molar-refractivity contribution in [3.63, 3.8) is 0 Å². The molecule has 4 heteroatoms. The van der Waals surface area contributed by atoms with E-state index in [1.807, 2.05) is 0 Å². The second kappa shape index (κ2) is 4.57. The minimum atomic E-state index is -3.34. The minimum Gasteiger partial charge on any atom is -0.199 e. The molecule has 0 fully saturated rings. The zero-order valence-corrected chi connectivity index (χ0v) is 9.95. The van der Waals surface area contributed by atoms with Crippen molar-refractivity contribution >= 4 is 16.2 Å². The Morgan fingerprint density at radius 1 is 1.13 bits per heavy atom. The van der Waals surface area contributed by atoms with Crippen LogP contribution in [-0.4, -0.2) is 14.6 Å². The maximum absolute atomic E-state index is 11.1. The smallest absolute Gasteiger partial charge is 0.199 e. The first-order chi connectivity index (χ1) is 6.93. The van der Waals surface area contributed by atoms with Crippen LogP contribution in [0.1, 0.15) is 26.3 Å². The number of nitrogens with zero attached hydrogens (tertiary/aromatic N) is 1. The predicted octanol–water partition coefficient (Wildman–Crippen LogP) is 2.47. The first-order valence-electron chi connectivity index (χ1n) is 4.83. The summed E-state index contributed by atoms with van der Waals surface area (Å²) < 4.78 is 25.5. The molecule has 1 heterocycles. The molecule has 0 spiro atoms. The van der Waals surface area contributed by atoms with Crippen LogP contribution in [0.25, 0.3) is 0 Å². The maximum Gasteiger partial charge on any atom is 0.282 e. The summed E-state index contributed by atoms with van der Waals surface area (Å²) in [5.74, 6) is 0.833. The Labute approximate surface area is 90.9 Å². The van der Waals surface area contributed by atoms with E-state index in [4.69, 9.17) is 0 Å². The topological polar surface area (TPSA) is 46.5 Å². The molecule has 1 aliphatic rings. The fourth-order valence-electron chi connectivity index (χ4n) is 1.01. The zero-order valence-electron chi connectivity index (χ0n) is 9.14. The molecule has 0 bridgehead atoms. The van der Waals surface area contributed by atoms with E-state index >= 15 is 0 Å². The van der Waals surface area contributed by atoms with Gasteiger partial charge < -0.3 is 0 Å². The van der Waals surface area contributed by atoms with Crippen molar-refractivity contribution in [2.24, 2.45) is 10.3 Å². The van der Waals surface area contributed by atoms with E-state index in [2.05, 4.69) is 25.2 Å². The van der Waals surface area contributed by atoms with Gasteiger partial charge in [-0.1, -0.05) is 39.0 Å². The van der Waals surface area contributed by atoms with Gasteiger partial charge in [0, 0.05) is 11.8 Å². The Morgan fingerprint density at radius 2 is 1.67 bits per heavy atom. The quantitative estimate of drug-likeness (QED) is 0.681. The molecule has 1 aliphatic heterocycles. The van der Waals surface area contributed by atoms with Crippen LogP contribution in [0.3, 0.4) is 0 Å². The van der Waals surface area contributed by atoms with E-state index in [1.165, 1.54) is 6.21 Å². The number of fused-ring (bicyclic) bond motifs is 1. The number of sulfonamides is 1. The van der Waals surface area contributed by atoms with Gasteiger partial charge in [0.15, 0.2) is 0 Å². The van der Waals surface area contributed by atoms with Crippen LogP contribution in [0, 0.1) is 5.92 Å². The first-order valence-corrected chi connectivity index (χ1v) is 6.27. The van der Waals surface area contributed by atoms with Crippen LogP contribution in [-0.2, 0) is 10.0 Å². The van der Waals surface area contributed by atoms with Crippen LogP contribution < -0.4 is 0 Å². The third kappa shape index (κ3) is 3.16. The lowest BCUT2D eigenvalue weighted by Gasteiger charge is -1.92. The van der Waals surface area contributed by atoms with E-state index in [9.17, 15) is 8.42 Å². The second-order valence-electron chi connectivity index (χ2n) is 3.98. The average molecular weight is 225 g/mol. The third-order valence-electron chi connectivity index (χ3n) is 1.53. The molecule has 0 aromatic heterocycles. The summed E-state index contributed by atoms with van der Waals surface area (Å²) in [5.41, 5.74) is 0.674. The molecule has 2 rings (SSSR count). The van der Waals surface area contributed by atoms with Gasteiger partial charge in [-0.2, -0.15) is 12.8 Å². The van der Waals surface area contributed by atoms with Crippen molar-refractivity contribution in [3.8, 4) is 0 Å². The van der Waals surface area contributed by atoms with E-state index < -0.39 is 10.0 Å². The summed E-state index contributed by atoms with van der Waals surface area (Å²) >= 11 is 0. The highest BCUT2D eigenvalue weighted by molar-refractivity contribution is 7.90. The number of rotatable bonds is 0. The predicted molar refractivity (Wildman–Crippen MR) is 61.7 cm³/mol. The molecule has 0 aliphatic carbocycles. The molecule has 0 unspecified atom stereocenters. The standard InChI is InChI=1S/C7H5NO2S.C4H10/c9-11(10)7-4-2-1-3-6(7)5-8-11;1-4(2)3/h1-5H;4H,1-3H3. The van der Waals surface area contributed by atoms with Crippen molar-refractivity contribution in [2.75, 3.05) is 0 Å². The lowest BCUT2D eigenvalue weighted by molar-refractivity contribution is 0.599. The molecular weight excluding hydrogens is 210 g/mol. The monoisotopic (exact) mass is 225 g/mol. The molecule has 0 N–H and O–H groups in total. The third-order valence-corrected chi connectivity index (χ3v) is 2.84. The highest BCUT2D eigenvalue weighted by Crippen LogP contribution is 2.21. The van der Waals surface area contributed by atoms with Crippen molar-refractivity contribution in [1.82, 2.24) is 0 Å². The number of hydrogen-bond donors (Lipinski definition) is 0. The highest BCUT2D eigenvalue weighted by atomic mass is 32.2. The Kier molecular flexibility index (Phi) is 3.63. The number of hydrogen-bond acceptors (Lipinski definition) is 2. The van der Waals surface area contributed by atoms with E-state index in [1.54, 1.807) is 24.3 Å². The summed E-state index contributed by atoms with van der Waals surface area (Å²) in [5, 5.41) is 0. The summed E-state index contributed by atoms with van der Waals surface area (Å²) in [6.45, 7) is 6.50. The molecule has 0 saturated heterocycles. The van der Waals surface area contributed by atoms with Crippen molar-refractivity contribution in [1.29, 1.82) is 0 Å². The lowest BCUT2D eigenvalue weighted by atomic mass is 10.2. The van der Waals surface area contributed by atoms with E-state index in [-0.39, 0.29) is 0 Å². The van der Waals surface area contributed by atoms with Crippen LogP contribution >= 0.6 is 0 Å². The van der Waals surface area contributed by atoms with Gasteiger partial charge >= 0.3 is 0 Å². The SMILES string of the molecule is CC(C)C.O=S1(=O)N=Cc2ccccc21. The van der Waals surface area contributed by atoms with Crippen molar-refractivity contribution in [2.45, 2.75) is 25.7 Å². The Bertz CT molecular complexity index is 458. The van der Waals surface area contributed by atoms with Gasteiger partial charge in [0.1, 0.15) is 0 Å². The van der Waals surface area contributed by atoms with E-state index in [0.717, 1.165) is 5.92 Å². The van der Waals surface area contributed by atoms with Crippen LogP contribution in [0.2, 0.25) is 0 Å². The zero-order chi connectivity index (χ0) is 11.5. The van der Waals surface area contributed by atoms with Crippen LogP contribution in [0.5, 0.6) is 0 Å². The van der Waals surface area contributed by atoms with E-state index in [0.29, 0.717) is 10.5 Å². The van der Waals surface area contributed by atoms with Crippen LogP contribution in [0.15, 0.2) is 33.6 Å². The van der Waals surface area contributed by atoms with Crippen LogP contribution in [0.4, 0.5) is 0 Å². The van der Waals surface area contributed by atoms with Gasteiger partial charge in [0.25, 0.3) is 10.0 Å². The highest BCUT2D eigenvalue weighted by Gasteiger charge is 2.20. The molecule has 3 nitrogen and oxygen atoms in total. The molecule has 82 valence electrons. The summed E-state index contributed by atoms with van der Waals surface area (Å²) in [6, 6.07) is 6.75.